The van der Waals surface area contributed by atoms with Crippen molar-refractivity contribution in [2.45, 2.75) is 6.61 Å². The van der Waals surface area contributed by atoms with Crippen molar-refractivity contribution in [2.24, 2.45) is 4.99 Å². The van der Waals surface area contributed by atoms with E-state index in [4.69, 9.17) is 9.47 Å². The van der Waals surface area contributed by atoms with Crippen molar-refractivity contribution >= 4 is 49.8 Å². The van der Waals surface area contributed by atoms with E-state index in [9.17, 15) is 4.79 Å². The van der Waals surface area contributed by atoms with Crippen LogP contribution in [-0.4, -0.2) is 11.9 Å². The van der Waals surface area contributed by atoms with Crippen LogP contribution in [-0.2, 0) is 16.1 Å². The van der Waals surface area contributed by atoms with Gasteiger partial charge < -0.3 is 9.47 Å². The van der Waals surface area contributed by atoms with Crippen LogP contribution >= 0.6 is 31.9 Å². The van der Waals surface area contributed by atoms with Crippen LogP contribution in [0.25, 0.3) is 6.08 Å². The Labute approximate surface area is 185 Å². The van der Waals surface area contributed by atoms with E-state index in [0.29, 0.717) is 12.4 Å². The van der Waals surface area contributed by atoms with E-state index in [0.717, 1.165) is 25.6 Å². The molecule has 1 aliphatic heterocycles. The molecule has 0 N–H and O–H groups in total. The molecule has 1 aliphatic rings. The SMILES string of the molecule is O=C1OC(c2cccc(Br)c2)=N/C1=C\c1ccccc1OCc1ccccc1Br. The predicted molar refractivity (Wildman–Crippen MR) is 120 cm³/mol. The van der Waals surface area contributed by atoms with Gasteiger partial charge in [0.15, 0.2) is 5.70 Å². The molecule has 0 saturated carbocycles. The van der Waals surface area contributed by atoms with Gasteiger partial charge in [0.05, 0.1) is 0 Å². The van der Waals surface area contributed by atoms with Crippen molar-refractivity contribution < 1.29 is 14.3 Å². The number of esters is 1. The molecule has 1 heterocycles. The van der Waals surface area contributed by atoms with E-state index >= 15 is 0 Å². The number of carbonyl (C=O) groups excluding carboxylic acids is 1. The van der Waals surface area contributed by atoms with Gasteiger partial charge in [-0.25, -0.2) is 9.79 Å². The number of halogens is 2. The number of cyclic esters (lactones) is 1. The second-order valence-electron chi connectivity index (χ2n) is 6.26. The molecular formula is C23H15Br2NO3. The van der Waals surface area contributed by atoms with Crippen molar-refractivity contribution in [3.8, 4) is 5.75 Å². The quantitative estimate of drug-likeness (QED) is 0.305. The Morgan fingerprint density at radius 1 is 0.966 bits per heavy atom. The highest BCUT2D eigenvalue weighted by Crippen LogP contribution is 2.27. The van der Waals surface area contributed by atoms with E-state index < -0.39 is 5.97 Å². The minimum Gasteiger partial charge on any atom is -0.488 e. The third-order valence-corrected chi connectivity index (χ3v) is 5.51. The van der Waals surface area contributed by atoms with Crippen LogP contribution < -0.4 is 4.74 Å². The molecule has 0 fully saturated rings. The molecule has 0 aromatic heterocycles. The maximum Gasteiger partial charge on any atom is 0.363 e. The zero-order chi connectivity index (χ0) is 20.2. The third kappa shape index (κ3) is 4.66. The average Bonchev–Trinajstić information content (AvgIpc) is 3.09. The molecule has 3 aromatic rings. The molecule has 0 atom stereocenters. The summed E-state index contributed by atoms with van der Waals surface area (Å²) in [6.45, 7) is 0.401. The molecule has 0 radical (unpaired) electrons. The number of benzene rings is 3. The van der Waals surface area contributed by atoms with E-state index in [1.165, 1.54) is 0 Å². The predicted octanol–water partition coefficient (Wildman–Crippen LogP) is 6.14. The Bertz CT molecular complexity index is 1140. The summed E-state index contributed by atoms with van der Waals surface area (Å²) in [6.07, 6.45) is 1.68. The summed E-state index contributed by atoms with van der Waals surface area (Å²) in [6, 6.07) is 22.9. The van der Waals surface area contributed by atoms with E-state index in [1.54, 1.807) is 6.08 Å². The van der Waals surface area contributed by atoms with Gasteiger partial charge in [0.1, 0.15) is 12.4 Å². The number of nitrogens with zero attached hydrogens (tertiary/aromatic N) is 1. The Morgan fingerprint density at radius 2 is 1.76 bits per heavy atom. The molecule has 6 heteroatoms. The Morgan fingerprint density at radius 3 is 2.59 bits per heavy atom. The largest absolute Gasteiger partial charge is 0.488 e. The molecule has 4 rings (SSSR count). The number of rotatable bonds is 5. The van der Waals surface area contributed by atoms with Crippen molar-refractivity contribution in [3.05, 3.63) is 104 Å². The monoisotopic (exact) mass is 511 g/mol. The summed E-state index contributed by atoms with van der Waals surface area (Å²) >= 11 is 6.94. The topological polar surface area (TPSA) is 47.9 Å². The number of ether oxygens (including phenoxy) is 2. The van der Waals surface area contributed by atoms with Crippen LogP contribution in [0.1, 0.15) is 16.7 Å². The average molecular weight is 513 g/mol. The van der Waals surface area contributed by atoms with Crippen molar-refractivity contribution in [1.29, 1.82) is 0 Å². The summed E-state index contributed by atoms with van der Waals surface area (Å²) in [4.78, 5) is 16.7. The van der Waals surface area contributed by atoms with Crippen molar-refractivity contribution in [2.75, 3.05) is 0 Å². The summed E-state index contributed by atoms with van der Waals surface area (Å²) < 4.78 is 13.2. The molecule has 0 amide bonds. The third-order valence-electron chi connectivity index (χ3n) is 4.24. The fourth-order valence-corrected chi connectivity index (χ4v) is 3.60. The molecule has 0 bridgehead atoms. The molecule has 0 spiro atoms. The fourth-order valence-electron chi connectivity index (χ4n) is 2.80. The van der Waals surface area contributed by atoms with Gasteiger partial charge in [-0.2, -0.15) is 0 Å². The van der Waals surface area contributed by atoms with E-state index in [-0.39, 0.29) is 11.6 Å². The second-order valence-corrected chi connectivity index (χ2v) is 8.03. The summed E-state index contributed by atoms with van der Waals surface area (Å²) in [5.74, 6) is 0.462. The van der Waals surface area contributed by atoms with Gasteiger partial charge in [0.25, 0.3) is 0 Å². The van der Waals surface area contributed by atoms with Crippen LogP contribution in [0.4, 0.5) is 0 Å². The lowest BCUT2D eigenvalue weighted by Crippen LogP contribution is -2.05. The van der Waals surface area contributed by atoms with E-state index in [1.807, 2.05) is 72.8 Å². The number of hydrogen-bond donors (Lipinski definition) is 0. The first-order valence-corrected chi connectivity index (χ1v) is 10.4. The Kier molecular flexibility index (Phi) is 5.92. The first kappa shape index (κ1) is 19.6. The molecule has 29 heavy (non-hydrogen) atoms. The van der Waals surface area contributed by atoms with Gasteiger partial charge >= 0.3 is 5.97 Å². The Balaban J connectivity index is 1.59. The summed E-state index contributed by atoms with van der Waals surface area (Å²) in [5.41, 5.74) is 2.75. The van der Waals surface area contributed by atoms with Gasteiger partial charge in [-0.3, -0.25) is 0 Å². The summed E-state index contributed by atoms with van der Waals surface area (Å²) in [5, 5.41) is 0. The minimum atomic E-state index is -0.486. The maximum absolute atomic E-state index is 12.3. The van der Waals surface area contributed by atoms with Gasteiger partial charge in [-0.05, 0) is 36.4 Å². The van der Waals surface area contributed by atoms with Crippen LogP contribution in [0.15, 0.2) is 92.4 Å². The fraction of sp³-hybridized carbons (Fsp3) is 0.0435. The zero-order valence-corrected chi connectivity index (χ0v) is 18.3. The van der Waals surface area contributed by atoms with Gasteiger partial charge in [0.2, 0.25) is 5.90 Å². The number of para-hydroxylation sites is 1. The maximum atomic E-state index is 12.3. The second kappa shape index (κ2) is 8.76. The van der Waals surface area contributed by atoms with Crippen LogP contribution in [0, 0.1) is 0 Å². The Hall–Kier alpha value is -2.70. The van der Waals surface area contributed by atoms with Crippen LogP contribution in [0.2, 0.25) is 0 Å². The van der Waals surface area contributed by atoms with Crippen molar-refractivity contribution in [3.63, 3.8) is 0 Å². The standard InChI is InChI=1S/C23H15Br2NO3/c24-18-9-5-8-16(12-18)22-26-20(23(27)29-22)13-15-6-2-4-11-21(15)28-14-17-7-1-3-10-19(17)25/h1-13H,14H2/b20-13-. The molecule has 4 nitrogen and oxygen atoms in total. The van der Waals surface area contributed by atoms with Crippen LogP contribution in [0.3, 0.4) is 0 Å². The van der Waals surface area contributed by atoms with E-state index in [2.05, 4.69) is 36.9 Å². The molecule has 0 aliphatic carbocycles. The highest BCUT2D eigenvalue weighted by Gasteiger charge is 2.24. The normalized spacial score (nSPS) is 14.6. The lowest BCUT2D eigenvalue weighted by molar-refractivity contribution is -0.129. The van der Waals surface area contributed by atoms with Gasteiger partial charge in [-0.15, -0.1) is 0 Å². The van der Waals surface area contributed by atoms with Gasteiger partial charge in [-0.1, -0.05) is 74.3 Å². The first-order chi connectivity index (χ1) is 14.1. The zero-order valence-electron chi connectivity index (χ0n) is 15.1. The van der Waals surface area contributed by atoms with Crippen molar-refractivity contribution in [1.82, 2.24) is 0 Å². The summed E-state index contributed by atoms with van der Waals surface area (Å²) in [7, 11) is 0. The molecule has 3 aromatic carbocycles. The van der Waals surface area contributed by atoms with Crippen LogP contribution in [0.5, 0.6) is 5.75 Å². The highest BCUT2D eigenvalue weighted by atomic mass is 79.9. The minimum absolute atomic E-state index is 0.233. The number of hydrogen-bond acceptors (Lipinski definition) is 4. The molecule has 0 unspecified atom stereocenters. The lowest BCUT2D eigenvalue weighted by atomic mass is 10.1. The van der Waals surface area contributed by atoms with Gasteiger partial charge in [0, 0.05) is 25.6 Å². The molecule has 0 saturated heterocycles. The first-order valence-electron chi connectivity index (χ1n) is 8.84. The number of carbonyl (C=O) groups is 1. The lowest BCUT2D eigenvalue weighted by Gasteiger charge is -2.10. The highest BCUT2D eigenvalue weighted by molar-refractivity contribution is 9.10. The smallest absolute Gasteiger partial charge is 0.363 e. The molecule has 144 valence electrons. The number of aliphatic imine (C=N–C) groups is 1. The molecular weight excluding hydrogens is 498 g/mol.